The lowest BCUT2D eigenvalue weighted by molar-refractivity contribution is 0.143. The van der Waals surface area contributed by atoms with Gasteiger partial charge in [0.05, 0.1) is 18.6 Å². The maximum atomic E-state index is 9.86. The summed E-state index contributed by atoms with van der Waals surface area (Å²) < 4.78 is 5.17. The third-order valence-electron chi connectivity index (χ3n) is 5.13. The molecule has 1 heterocycles. The summed E-state index contributed by atoms with van der Waals surface area (Å²) in [7, 11) is 1.62. The summed E-state index contributed by atoms with van der Waals surface area (Å²) in [5.74, 6) is 2.40. The van der Waals surface area contributed by atoms with Gasteiger partial charge < -0.3 is 4.74 Å². The van der Waals surface area contributed by atoms with Crippen LogP contribution in [0.3, 0.4) is 0 Å². The van der Waals surface area contributed by atoms with Crippen LogP contribution in [0.2, 0.25) is 0 Å². The molecule has 3 nitrogen and oxygen atoms in total. The molecule has 2 rings (SSSR count). The summed E-state index contributed by atoms with van der Waals surface area (Å²) in [6, 6.07) is 6.51. The first-order valence-electron chi connectivity index (χ1n) is 7.37. The van der Waals surface area contributed by atoms with Crippen LogP contribution in [0.4, 0.5) is 0 Å². The van der Waals surface area contributed by atoms with Crippen molar-refractivity contribution >= 4 is 0 Å². The molecule has 3 heteroatoms. The molecule has 1 saturated carbocycles. The predicted molar refractivity (Wildman–Crippen MR) is 79.5 cm³/mol. The van der Waals surface area contributed by atoms with Gasteiger partial charge in [-0.3, -0.25) is 0 Å². The summed E-state index contributed by atoms with van der Waals surface area (Å²) in [4.78, 5) is 4.46. The van der Waals surface area contributed by atoms with Gasteiger partial charge in [-0.15, -0.1) is 0 Å². The Morgan fingerprint density at radius 1 is 1.25 bits per heavy atom. The van der Waals surface area contributed by atoms with E-state index in [0.29, 0.717) is 23.6 Å². The smallest absolute Gasteiger partial charge is 0.213 e. The number of methoxy groups -OCH3 is 1. The summed E-state index contributed by atoms with van der Waals surface area (Å²) in [6.07, 6.45) is 1.84. The normalized spacial score (nSPS) is 33.5. The van der Waals surface area contributed by atoms with Gasteiger partial charge in [-0.1, -0.05) is 26.8 Å². The van der Waals surface area contributed by atoms with Crippen molar-refractivity contribution in [3.63, 3.8) is 0 Å². The molecule has 4 atom stereocenters. The van der Waals surface area contributed by atoms with Crippen molar-refractivity contribution < 1.29 is 4.74 Å². The number of aryl methyl sites for hydroxylation is 1. The fraction of sp³-hybridized carbons (Fsp3) is 0.647. The molecule has 0 bridgehead atoms. The number of pyridine rings is 1. The Morgan fingerprint density at radius 3 is 2.30 bits per heavy atom. The molecule has 0 spiro atoms. The molecule has 0 amide bonds. The average molecular weight is 272 g/mol. The first kappa shape index (κ1) is 14.8. The summed E-state index contributed by atoms with van der Waals surface area (Å²) >= 11 is 0. The van der Waals surface area contributed by atoms with E-state index in [0.717, 1.165) is 24.1 Å². The molecule has 0 saturated heterocycles. The van der Waals surface area contributed by atoms with Crippen LogP contribution in [-0.4, -0.2) is 12.1 Å². The summed E-state index contributed by atoms with van der Waals surface area (Å²) in [5, 5.41) is 9.86. The van der Waals surface area contributed by atoms with Crippen LogP contribution in [0.5, 0.6) is 5.88 Å². The molecule has 0 radical (unpaired) electrons. The molecule has 0 aliphatic heterocycles. The SMILES string of the molecule is COc1ccc(C2(C#N)C[C@@H](C)C(C)[C@@H](C)C2)c(C)n1. The number of nitrogens with zero attached hydrogens (tertiary/aromatic N) is 2. The Bertz CT molecular complexity index is 520. The van der Waals surface area contributed by atoms with E-state index in [1.165, 1.54) is 0 Å². The van der Waals surface area contributed by atoms with Crippen LogP contribution < -0.4 is 4.74 Å². The third kappa shape index (κ3) is 2.40. The minimum absolute atomic E-state index is 0.394. The van der Waals surface area contributed by atoms with E-state index >= 15 is 0 Å². The van der Waals surface area contributed by atoms with Crippen molar-refractivity contribution in [3.8, 4) is 11.9 Å². The van der Waals surface area contributed by atoms with Crippen LogP contribution in [0.15, 0.2) is 12.1 Å². The molecule has 0 N–H and O–H groups in total. The second kappa shape index (κ2) is 5.44. The van der Waals surface area contributed by atoms with E-state index in [1.54, 1.807) is 7.11 Å². The van der Waals surface area contributed by atoms with Gasteiger partial charge in [0.1, 0.15) is 0 Å². The zero-order valence-electron chi connectivity index (χ0n) is 13.1. The Kier molecular flexibility index (Phi) is 4.04. The van der Waals surface area contributed by atoms with Crippen molar-refractivity contribution in [1.29, 1.82) is 5.26 Å². The minimum atomic E-state index is -0.394. The Hall–Kier alpha value is -1.56. The maximum Gasteiger partial charge on any atom is 0.213 e. The second-order valence-corrected chi connectivity index (χ2v) is 6.40. The fourth-order valence-corrected chi connectivity index (χ4v) is 3.64. The van der Waals surface area contributed by atoms with Crippen molar-refractivity contribution in [3.05, 3.63) is 23.4 Å². The van der Waals surface area contributed by atoms with Crippen LogP contribution in [0, 0.1) is 36.0 Å². The van der Waals surface area contributed by atoms with Gasteiger partial charge in [0, 0.05) is 11.8 Å². The van der Waals surface area contributed by atoms with E-state index < -0.39 is 5.41 Å². The highest BCUT2D eigenvalue weighted by atomic mass is 16.5. The highest BCUT2D eigenvalue weighted by molar-refractivity contribution is 5.38. The monoisotopic (exact) mass is 272 g/mol. The lowest BCUT2D eigenvalue weighted by atomic mass is 9.60. The van der Waals surface area contributed by atoms with E-state index in [1.807, 2.05) is 19.1 Å². The Morgan fingerprint density at radius 2 is 1.85 bits per heavy atom. The van der Waals surface area contributed by atoms with Crippen molar-refractivity contribution in [2.75, 3.05) is 7.11 Å². The fourth-order valence-electron chi connectivity index (χ4n) is 3.64. The van der Waals surface area contributed by atoms with Gasteiger partial charge in [-0.05, 0) is 43.1 Å². The molecular weight excluding hydrogens is 248 g/mol. The second-order valence-electron chi connectivity index (χ2n) is 6.40. The maximum absolute atomic E-state index is 9.86. The molecule has 1 aromatic heterocycles. The molecule has 20 heavy (non-hydrogen) atoms. The van der Waals surface area contributed by atoms with Gasteiger partial charge >= 0.3 is 0 Å². The molecule has 1 fully saturated rings. The van der Waals surface area contributed by atoms with E-state index in [2.05, 4.69) is 31.8 Å². The Labute approximate surface area is 122 Å². The number of nitriles is 1. The van der Waals surface area contributed by atoms with Crippen LogP contribution in [0.25, 0.3) is 0 Å². The Balaban J connectivity index is 2.44. The lowest BCUT2D eigenvalue weighted by Crippen LogP contribution is -2.39. The van der Waals surface area contributed by atoms with E-state index in [-0.39, 0.29) is 0 Å². The first-order chi connectivity index (χ1) is 9.43. The summed E-state index contributed by atoms with van der Waals surface area (Å²) in [6.45, 7) is 8.80. The van der Waals surface area contributed by atoms with Gasteiger partial charge in [0.15, 0.2) is 0 Å². The van der Waals surface area contributed by atoms with E-state index in [4.69, 9.17) is 4.74 Å². The topological polar surface area (TPSA) is 45.9 Å². The zero-order valence-corrected chi connectivity index (χ0v) is 13.1. The van der Waals surface area contributed by atoms with E-state index in [9.17, 15) is 5.26 Å². The first-order valence-corrected chi connectivity index (χ1v) is 7.37. The molecule has 1 aliphatic carbocycles. The molecule has 108 valence electrons. The van der Waals surface area contributed by atoms with Gasteiger partial charge in [-0.25, -0.2) is 4.98 Å². The van der Waals surface area contributed by atoms with Crippen molar-refractivity contribution in [2.45, 2.75) is 46.0 Å². The number of rotatable bonds is 2. The quantitative estimate of drug-likeness (QED) is 0.821. The number of ether oxygens (including phenoxy) is 1. The molecule has 1 aliphatic rings. The number of aromatic nitrogens is 1. The van der Waals surface area contributed by atoms with Gasteiger partial charge in [0.25, 0.3) is 0 Å². The number of hydrogen-bond acceptors (Lipinski definition) is 3. The standard InChI is InChI=1S/C17H24N2O/c1-11-8-17(10-18,9-12(2)13(11)3)15-6-7-16(20-5)19-14(15)4/h6-7,11-13H,8-9H2,1-5H3/t11-,12+,13?,17?. The highest BCUT2D eigenvalue weighted by Crippen LogP contribution is 2.47. The largest absolute Gasteiger partial charge is 0.481 e. The average Bonchev–Trinajstić information content (AvgIpc) is 2.44. The molecular formula is C17H24N2O. The van der Waals surface area contributed by atoms with Gasteiger partial charge in [-0.2, -0.15) is 5.26 Å². The van der Waals surface area contributed by atoms with Crippen LogP contribution in [-0.2, 0) is 5.41 Å². The molecule has 1 aromatic rings. The predicted octanol–water partition coefficient (Wildman–Crippen LogP) is 3.86. The zero-order chi connectivity index (χ0) is 14.9. The highest BCUT2D eigenvalue weighted by Gasteiger charge is 2.43. The van der Waals surface area contributed by atoms with Crippen LogP contribution in [0.1, 0.15) is 44.9 Å². The lowest BCUT2D eigenvalue weighted by Gasteiger charge is -2.43. The number of hydrogen-bond donors (Lipinski definition) is 0. The van der Waals surface area contributed by atoms with Crippen molar-refractivity contribution in [1.82, 2.24) is 4.98 Å². The van der Waals surface area contributed by atoms with Crippen molar-refractivity contribution in [2.24, 2.45) is 17.8 Å². The summed E-state index contributed by atoms with van der Waals surface area (Å²) in [5.41, 5.74) is 1.60. The third-order valence-corrected chi connectivity index (χ3v) is 5.13. The molecule has 2 unspecified atom stereocenters. The van der Waals surface area contributed by atoms with Crippen LogP contribution >= 0.6 is 0 Å². The van der Waals surface area contributed by atoms with Gasteiger partial charge in [0.2, 0.25) is 5.88 Å². The minimum Gasteiger partial charge on any atom is -0.481 e. The molecule has 0 aromatic carbocycles.